The number of thioether (sulfide) groups is 1. The van der Waals surface area contributed by atoms with Crippen molar-refractivity contribution in [3.8, 4) is 6.19 Å². The van der Waals surface area contributed by atoms with Crippen molar-refractivity contribution in [1.82, 2.24) is 4.90 Å². The van der Waals surface area contributed by atoms with E-state index < -0.39 is 0 Å². The molecule has 0 aliphatic carbocycles. The van der Waals surface area contributed by atoms with Crippen LogP contribution in [0.3, 0.4) is 0 Å². The lowest BCUT2D eigenvalue weighted by molar-refractivity contribution is 0.577. The maximum absolute atomic E-state index is 8.28. The lowest BCUT2D eigenvalue weighted by Crippen LogP contribution is -2.23. The van der Waals surface area contributed by atoms with Gasteiger partial charge in [0.1, 0.15) is 0 Å². The van der Waals surface area contributed by atoms with Gasteiger partial charge < -0.3 is 4.90 Å². The van der Waals surface area contributed by atoms with Gasteiger partial charge in [0.15, 0.2) is 5.17 Å². The third-order valence-corrected chi connectivity index (χ3v) is 1.83. The highest BCUT2D eigenvalue weighted by molar-refractivity contribution is 8.13. The third-order valence-electron chi connectivity index (χ3n) is 1.06. The van der Waals surface area contributed by atoms with Gasteiger partial charge in [0.25, 0.3) is 0 Å². The summed E-state index contributed by atoms with van der Waals surface area (Å²) < 4.78 is 0. The number of hydrogen-bond donors (Lipinski definition) is 0. The summed E-state index contributed by atoms with van der Waals surface area (Å²) in [5, 5.41) is 9.00. The Kier molecular flexibility index (Phi) is 5.30. The molecule has 0 saturated heterocycles. The van der Waals surface area contributed by atoms with Gasteiger partial charge in [-0.3, -0.25) is 0 Å². The average molecular weight is 169 g/mol. The van der Waals surface area contributed by atoms with Crippen molar-refractivity contribution in [3.63, 3.8) is 0 Å². The molecule has 0 aromatic carbocycles. The maximum atomic E-state index is 8.28. The van der Waals surface area contributed by atoms with E-state index in [0.717, 1.165) is 0 Å². The smallest absolute Gasteiger partial charge is 0.208 e. The van der Waals surface area contributed by atoms with E-state index in [0.29, 0.717) is 11.7 Å². The minimum absolute atomic E-state index is 0.710. The molecule has 0 N–H and O–H groups in total. The molecule has 4 heteroatoms. The van der Waals surface area contributed by atoms with E-state index in [1.807, 2.05) is 18.2 Å². The summed E-state index contributed by atoms with van der Waals surface area (Å²) >= 11 is 1.45. The Morgan fingerprint density at radius 1 is 1.91 bits per heavy atom. The van der Waals surface area contributed by atoms with Gasteiger partial charge in [-0.25, -0.2) is 0 Å². The molecule has 0 atom stereocenters. The SMILES string of the molecule is C=CCN(C)C(=NC#N)SC. The van der Waals surface area contributed by atoms with Crippen molar-refractivity contribution >= 4 is 16.9 Å². The van der Waals surface area contributed by atoms with E-state index in [1.54, 1.807) is 12.3 Å². The number of hydrogen-bond acceptors (Lipinski definition) is 3. The monoisotopic (exact) mass is 169 g/mol. The Morgan fingerprint density at radius 3 is 2.91 bits per heavy atom. The second kappa shape index (κ2) is 5.81. The first-order chi connectivity index (χ1) is 5.26. The molecule has 0 unspecified atom stereocenters. The molecule has 0 amide bonds. The molecule has 0 saturated carbocycles. The van der Waals surface area contributed by atoms with Crippen LogP contribution in [0.2, 0.25) is 0 Å². The highest BCUT2D eigenvalue weighted by Crippen LogP contribution is 2.02. The quantitative estimate of drug-likeness (QED) is 0.271. The van der Waals surface area contributed by atoms with Gasteiger partial charge in [0.05, 0.1) is 0 Å². The molecule has 3 nitrogen and oxygen atoms in total. The number of aliphatic imine (C=N–C) groups is 1. The molecule has 11 heavy (non-hydrogen) atoms. The topological polar surface area (TPSA) is 39.4 Å². The van der Waals surface area contributed by atoms with Crippen molar-refractivity contribution in [2.24, 2.45) is 4.99 Å². The third kappa shape index (κ3) is 3.68. The maximum Gasteiger partial charge on any atom is 0.208 e. The van der Waals surface area contributed by atoms with Crippen LogP contribution in [0.25, 0.3) is 0 Å². The Morgan fingerprint density at radius 2 is 2.55 bits per heavy atom. The molecule has 0 radical (unpaired) electrons. The van der Waals surface area contributed by atoms with Gasteiger partial charge in [0.2, 0.25) is 6.19 Å². The summed E-state index contributed by atoms with van der Waals surface area (Å²) in [6.07, 6.45) is 5.40. The fraction of sp³-hybridized carbons (Fsp3) is 0.429. The molecule has 60 valence electrons. The fourth-order valence-corrected chi connectivity index (χ4v) is 1.12. The minimum Gasteiger partial charge on any atom is -0.350 e. The molecule has 0 fully saturated rings. The van der Waals surface area contributed by atoms with E-state index >= 15 is 0 Å². The Balaban J connectivity index is 4.15. The first-order valence-electron chi connectivity index (χ1n) is 3.09. The zero-order valence-corrected chi connectivity index (χ0v) is 7.56. The predicted octanol–water partition coefficient (Wildman–Crippen LogP) is 1.30. The molecule has 0 aromatic heterocycles. The van der Waals surface area contributed by atoms with Crippen LogP contribution in [0, 0.1) is 11.5 Å². The average Bonchev–Trinajstić information content (AvgIpc) is 2.00. The van der Waals surface area contributed by atoms with E-state index in [4.69, 9.17) is 5.26 Å². The van der Waals surface area contributed by atoms with Gasteiger partial charge in [-0.2, -0.15) is 5.26 Å². The largest absolute Gasteiger partial charge is 0.350 e. The van der Waals surface area contributed by atoms with E-state index in [1.165, 1.54) is 11.8 Å². The van der Waals surface area contributed by atoms with Crippen molar-refractivity contribution < 1.29 is 0 Å². The Bertz CT molecular complexity index is 192. The molecule has 0 aliphatic rings. The number of nitriles is 1. The van der Waals surface area contributed by atoms with Crippen molar-refractivity contribution in [2.45, 2.75) is 0 Å². The molecular formula is C7H11N3S. The van der Waals surface area contributed by atoms with Crippen LogP contribution in [0.15, 0.2) is 17.6 Å². The number of rotatable bonds is 2. The van der Waals surface area contributed by atoms with Gasteiger partial charge in [-0.15, -0.1) is 11.6 Å². The summed E-state index contributed by atoms with van der Waals surface area (Å²) in [4.78, 5) is 5.49. The first-order valence-corrected chi connectivity index (χ1v) is 4.31. The molecule has 0 heterocycles. The van der Waals surface area contributed by atoms with Crippen LogP contribution in [-0.4, -0.2) is 29.9 Å². The number of nitrogens with zero attached hydrogens (tertiary/aromatic N) is 3. The molecule has 0 bridgehead atoms. The van der Waals surface area contributed by atoms with Crippen molar-refractivity contribution in [1.29, 1.82) is 5.26 Å². The second-order valence-corrected chi connectivity index (χ2v) is 2.64. The van der Waals surface area contributed by atoms with Gasteiger partial charge in [-0.05, 0) is 6.26 Å². The molecule has 0 rings (SSSR count). The standard InChI is InChI=1S/C7H11N3S/c1-4-5-10(2)7(11-3)9-6-8/h4H,1,5H2,2-3H3. The summed E-state index contributed by atoms with van der Waals surface area (Å²) in [7, 11) is 1.87. The molecule has 0 aromatic rings. The van der Waals surface area contributed by atoms with E-state index in [9.17, 15) is 0 Å². The van der Waals surface area contributed by atoms with Crippen molar-refractivity contribution in [3.05, 3.63) is 12.7 Å². The Hall–Kier alpha value is -0.950. The Labute approximate surface area is 71.4 Å². The summed E-state index contributed by atoms with van der Waals surface area (Å²) in [5.41, 5.74) is 0. The minimum atomic E-state index is 0.710. The highest BCUT2D eigenvalue weighted by Gasteiger charge is 2.01. The van der Waals surface area contributed by atoms with E-state index in [2.05, 4.69) is 11.6 Å². The second-order valence-electron chi connectivity index (χ2n) is 1.87. The van der Waals surface area contributed by atoms with Crippen LogP contribution >= 0.6 is 11.8 Å². The lowest BCUT2D eigenvalue weighted by Gasteiger charge is -2.15. The summed E-state index contributed by atoms with van der Waals surface area (Å²) in [5.74, 6) is 0. The van der Waals surface area contributed by atoms with Crippen molar-refractivity contribution in [2.75, 3.05) is 19.8 Å². The lowest BCUT2D eigenvalue weighted by atomic mass is 10.6. The first kappa shape index (κ1) is 10.0. The normalized spacial score (nSPS) is 10.5. The van der Waals surface area contributed by atoms with Gasteiger partial charge in [0, 0.05) is 13.6 Å². The van der Waals surface area contributed by atoms with Gasteiger partial charge in [-0.1, -0.05) is 17.8 Å². The zero-order valence-electron chi connectivity index (χ0n) is 6.74. The van der Waals surface area contributed by atoms with Crippen LogP contribution in [0.1, 0.15) is 0 Å². The molecule has 0 aliphatic heterocycles. The van der Waals surface area contributed by atoms with Crippen LogP contribution in [0.5, 0.6) is 0 Å². The van der Waals surface area contributed by atoms with Crippen LogP contribution in [0.4, 0.5) is 0 Å². The fourth-order valence-electron chi connectivity index (χ4n) is 0.601. The summed E-state index contributed by atoms with van der Waals surface area (Å²) in [6.45, 7) is 4.30. The zero-order chi connectivity index (χ0) is 8.69. The van der Waals surface area contributed by atoms with Crippen LogP contribution < -0.4 is 0 Å². The molecule has 0 spiro atoms. The van der Waals surface area contributed by atoms with E-state index in [-0.39, 0.29) is 0 Å². The predicted molar refractivity (Wildman–Crippen MR) is 49.4 cm³/mol. The van der Waals surface area contributed by atoms with Crippen LogP contribution in [-0.2, 0) is 0 Å². The number of likely N-dealkylation sites (N-methyl/N-ethyl adjacent to an activating group) is 1. The number of amidine groups is 1. The van der Waals surface area contributed by atoms with Gasteiger partial charge >= 0.3 is 0 Å². The molecular weight excluding hydrogens is 158 g/mol. The summed E-state index contributed by atoms with van der Waals surface area (Å²) in [6, 6.07) is 0. The highest BCUT2D eigenvalue weighted by atomic mass is 32.2.